The van der Waals surface area contributed by atoms with Gasteiger partial charge in [0.2, 0.25) is 5.91 Å². The lowest BCUT2D eigenvalue weighted by molar-refractivity contribution is -0.870. The molecule has 8 nitrogen and oxygen atoms in total. The molecular formula is C76H140N2O6P+. The van der Waals surface area contributed by atoms with Gasteiger partial charge in [-0.2, -0.15) is 0 Å². The van der Waals surface area contributed by atoms with E-state index in [1.165, 1.54) is 231 Å². The molecule has 9 heteroatoms. The van der Waals surface area contributed by atoms with Crippen molar-refractivity contribution < 1.29 is 32.9 Å². The fourth-order valence-electron chi connectivity index (χ4n) is 10.5. The second-order valence-corrected chi connectivity index (χ2v) is 27.0. The van der Waals surface area contributed by atoms with E-state index in [4.69, 9.17) is 9.05 Å². The monoisotopic (exact) mass is 1210 g/mol. The minimum Gasteiger partial charge on any atom is -0.387 e. The third-order valence-corrected chi connectivity index (χ3v) is 17.0. The van der Waals surface area contributed by atoms with Crippen LogP contribution in [0.1, 0.15) is 328 Å². The minimum absolute atomic E-state index is 0.0524. The van der Waals surface area contributed by atoms with Crippen molar-refractivity contribution in [3.63, 3.8) is 0 Å². The summed E-state index contributed by atoms with van der Waals surface area (Å²) in [5, 5.41) is 14.0. The SMILES string of the molecule is CC/C=C\C/C=C\C/C=C\C/C=C\C/C=C\C/C=C\CCCCCCCCCCCCCCC(=O)NC(COP(=O)(O)OCC[N+](C)(C)C)C(O)/C=C/CC/C=C/CCCCCCCCCCCCCCCCCCCCCCCCCCCC. The summed E-state index contributed by atoms with van der Waals surface area (Å²) >= 11 is 0. The largest absolute Gasteiger partial charge is 0.472 e. The van der Waals surface area contributed by atoms with Crippen molar-refractivity contribution in [3.05, 3.63) is 97.2 Å². The molecule has 3 unspecified atom stereocenters. The molecule has 0 heterocycles. The maximum absolute atomic E-state index is 13.1. The fourth-order valence-corrected chi connectivity index (χ4v) is 11.2. The van der Waals surface area contributed by atoms with Gasteiger partial charge in [0, 0.05) is 6.42 Å². The predicted octanol–water partition coefficient (Wildman–Crippen LogP) is 23.3. The van der Waals surface area contributed by atoms with Crippen LogP contribution in [0.3, 0.4) is 0 Å². The molecule has 0 aliphatic carbocycles. The minimum atomic E-state index is -4.37. The van der Waals surface area contributed by atoms with Gasteiger partial charge in [0.05, 0.1) is 39.9 Å². The maximum atomic E-state index is 13.1. The number of nitrogens with one attached hydrogen (secondary N) is 1. The molecule has 0 bridgehead atoms. The van der Waals surface area contributed by atoms with E-state index in [1.54, 1.807) is 6.08 Å². The third kappa shape index (κ3) is 68.8. The average Bonchev–Trinajstić information content (AvgIpc) is 3.49. The van der Waals surface area contributed by atoms with Gasteiger partial charge in [0.25, 0.3) is 0 Å². The molecule has 0 aliphatic heterocycles. The molecule has 0 aromatic rings. The highest BCUT2D eigenvalue weighted by Crippen LogP contribution is 2.43. The lowest BCUT2D eigenvalue weighted by atomic mass is 10.0. The highest BCUT2D eigenvalue weighted by Gasteiger charge is 2.28. The van der Waals surface area contributed by atoms with E-state index in [0.29, 0.717) is 17.4 Å². The number of aliphatic hydroxyl groups is 1. The first-order valence-electron chi connectivity index (χ1n) is 36.1. The molecule has 0 saturated carbocycles. The van der Waals surface area contributed by atoms with Crippen molar-refractivity contribution in [2.75, 3.05) is 40.9 Å². The van der Waals surface area contributed by atoms with Gasteiger partial charge < -0.3 is 19.8 Å². The summed E-state index contributed by atoms with van der Waals surface area (Å²) in [7, 11) is 1.55. The van der Waals surface area contributed by atoms with Crippen molar-refractivity contribution >= 4 is 13.7 Å². The summed E-state index contributed by atoms with van der Waals surface area (Å²) in [4.78, 5) is 23.4. The normalized spacial score (nSPS) is 14.2. The van der Waals surface area contributed by atoms with Crippen molar-refractivity contribution in [2.45, 2.75) is 341 Å². The molecule has 0 radical (unpaired) electrons. The van der Waals surface area contributed by atoms with Gasteiger partial charge in [-0.3, -0.25) is 13.8 Å². The van der Waals surface area contributed by atoms with Gasteiger partial charge >= 0.3 is 7.82 Å². The van der Waals surface area contributed by atoms with E-state index in [2.05, 4.69) is 104 Å². The number of phosphoric ester groups is 1. The van der Waals surface area contributed by atoms with Crippen molar-refractivity contribution in [3.8, 4) is 0 Å². The lowest BCUT2D eigenvalue weighted by Crippen LogP contribution is -2.45. The number of nitrogens with zero attached hydrogens (tertiary/aromatic N) is 1. The standard InChI is InChI=1S/C76H139N2O6P/c1-6-8-10-12-14-16-18-20-22-24-26-28-30-32-34-36-38-40-41-43-45-47-49-51-53-55-57-59-61-63-65-67-69-75(79)74(73-84-85(81,82)83-72-71-78(3,4)5)77-76(80)70-68-66-64-62-60-58-56-54-52-50-48-46-44-42-39-37-35-33-31-29-27-25-23-21-19-17-15-13-11-9-7-2/h9,11,15,17,21,23,27,29,33,35,39,42,59,61,67,69,74-75,79H,6-8,10,12-14,16,18-20,22,24-26,28,30-32,34,36-38,40-41,43-58,60,62-66,68,70-73H2,1-5H3,(H-,77,80,81,82)/p+1/b11-9-,17-15-,23-21-,29-27-,35-33-,42-39-,61-59+,69-67+. The molecule has 85 heavy (non-hydrogen) atoms. The number of allylic oxidation sites excluding steroid dienone is 15. The Morgan fingerprint density at radius 3 is 1.08 bits per heavy atom. The van der Waals surface area contributed by atoms with Gasteiger partial charge in [0.1, 0.15) is 13.2 Å². The van der Waals surface area contributed by atoms with Crippen LogP contribution in [-0.4, -0.2) is 73.4 Å². The van der Waals surface area contributed by atoms with Gasteiger partial charge in [-0.15, -0.1) is 0 Å². The first-order valence-corrected chi connectivity index (χ1v) is 37.6. The van der Waals surface area contributed by atoms with E-state index in [9.17, 15) is 19.4 Å². The summed E-state index contributed by atoms with van der Waals surface area (Å²) in [5.74, 6) is -0.189. The first kappa shape index (κ1) is 82.4. The van der Waals surface area contributed by atoms with Crippen LogP contribution in [0.25, 0.3) is 0 Å². The van der Waals surface area contributed by atoms with E-state index >= 15 is 0 Å². The molecule has 0 saturated heterocycles. The number of hydrogen-bond acceptors (Lipinski definition) is 5. The number of hydrogen-bond donors (Lipinski definition) is 3. The van der Waals surface area contributed by atoms with Crippen molar-refractivity contribution in [2.24, 2.45) is 0 Å². The highest BCUT2D eigenvalue weighted by molar-refractivity contribution is 7.47. The van der Waals surface area contributed by atoms with Crippen LogP contribution in [0, 0.1) is 0 Å². The number of carbonyl (C=O) groups excluding carboxylic acids is 1. The smallest absolute Gasteiger partial charge is 0.387 e. The number of amides is 1. The number of likely N-dealkylation sites (N-methyl/N-ethyl adjacent to an activating group) is 1. The van der Waals surface area contributed by atoms with Crippen LogP contribution >= 0.6 is 7.82 Å². The molecule has 3 atom stereocenters. The predicted molar refractivity (Wildman–Crippen MR) is 373 cm³/mol. The van der Waals surface area contributed by atoms with Gasteiger partial charge in [-0.1, -0.05) is 336 Å². The van der Waals surface area contributed by atoms with Crippen LogP contribution < -0.4 is 5.32 Å². The van der Waals surface area contributed by atoms with Crippen LogP contribution in [-0.2, 0) is 18.4 Å². The molecule has 0 spiro atoms. The zero-order valence-corrected chi connectivity index (χ0v) is 57.5. The average molecular weight is 1210 g/mol. The Bertz CT molecular complexity index is 1710. The molecule has 0 rings (SSSR count). The molecule has 1 amide bonds. The Morgan fingerprint density at radius 1 is 0.412 bits per heavy atom. The van der Waals surface area contributed by atoms with E-state index in [1.807, 2.05) is 27.2 Å². The topological polar surface area (TPSA) is 105 Å². The summed E-state index contributed by atoms with van der Waals surface area (Å²) in [5.41, 5.74) is 0. The van der Waals surface area contributed by atoms with Crippen LogP contribution in [0.5, 0.6) is 0 Å². The number of aliphatic hydroxyl groups excluding tert-OH is 1. The molecule has 3 N–H and O–H groups in total. The first-order chi connectivity index (χ1) is 41.5. The Hall–Kier alpha value is -2.58. The molecule has 0 aromatic carbocycles. The highest BCUT2D eigenvalue weighted by atomic mass is 31.2. The second-order valence-electron chi connectivity index (χ2n) is 25.6. The number of quaternary nitrogens is 1. The van der Waals surface area contributed by atoms with E-state index in [0.717, 1.165) is 77.0 Å². The Morgan fingerprint density at radius 2 is 0.718 bits per heavy atom. The Balaban J connectivity index is 4.11. The van der Waals surface area contributed by atoms with Crippen LogP contribution in [0.15, 0.2) is 97.2 Å². The second kappa shape index (κ2) is 65.9. The molecular weight excluding hydrogens is 1070 g/mol. The quantitative estimate of drug-likeness (QED) is 0.0243. The molecule has 0 aliphatic rings. The molecule has 0 aromatic heterocycles. The van der Waals surface area contributed by atoms with Gasteiger partial charge in [0.15, 0.2) is 0 Å². The maximum Gasteiger partial charge on any atom is 0.472 e. The van der Waals surface area contributed by atoms with E-state index < -0.39 is 20.0 Å². The Labute approximate surface area is 528 Å². The Kier molecular flexibility index (Phi) is 63.9. The number of unbranched alkanes of at least 4 members (excludes halogenated alkanes) is 39. The summed E-state index contributed by atoms with van der Waals surface area (Å²) < 4.78 is 23.8. The fraction of sp³-hybridized carbons (Fsp3) is 0.776. The summed E-state index contributed by atoms with van der Waals surface area (Å²) in [6.07, 6.45) is 95.7. The van der Waals surface area contributed by atoms with Gasteiger partial charge in [-0.25, -0.2) is 4.57 Å². The number of phosphoric acid groups is 1. The number of carbonyl (C=O) groups is 1. The number of rotatable bonds is 66. The van der Waals surface area contributed by atoms with Crippen LogP contribution in [0.2, 0.25) is 0 Å². The molecule has 0 fully saturated rings. The third-order valence-electron chi connectivity index (χ3n) is 16.0. The molecule has 494 valence electrons. The van der Waals surface area contributed by atoms with E-state index in [-0.39, 0.29) is 19.1 Å². The van der Waals surface area contributed by atoms with Crippen molar-refractivity contribution in [1.82, 2.24) is 5.32 Å². The lowest BCUT2D eigenvalue weighted by Gasteiger charge is -2.25. The van der Waals surface area contributed by atoms with Crippen LogP contribution in [0.4, 0.5) is 0 Å². The summed E-state index contributed by atoms with van der Waals surface area (Å²) in [6.45, 7) is 4.71. The summed E-state index contributed by atoms with van der Waals surface area (Å²) in [6, 6.07) is -0.872. The van der Waals surface area contributed by atoms with Gasteiger partial charge in [-0.05, 0) is 83.5 Å². The zero-order chi connectivity index (χ0) is 61.9. The van der Waals surface area contributed by atoms with Crippen molar-refractivity contribution in [1.29, 1.82) is 0 Å². The zero-order valence-electron chi connectivity index (χ0n) is 56.6.